The largest absolute Gasteiger partial charge is 0.573 e. The van der Waals surface area contributed by atoms with Gasteiger partial charge in [-0.3, -0.25) is 9.59 Å². The summed E-state index contributed by atoms with van der Waals surface area (Å²) in [5, 5.41) is 12.4. The molecule has 33 heavy (non-hydrogen) atoms. The molecular weight excluding hydrogens is 441 g/mol. The van der Waals surface area contributed by atoms with Gasteiger partial charge >= 0.3 is 12.3 Å². The third-order valence-corrected chi connectivity index (χ3v) is 4.96. The molecule has 0 fully saturated rings. The van der Waals surface area contributed by atoms with Crippen LogP contribution in [0.5, 0.6) is 5.75 Å². The summed E-state index contributed by atoms with van der Waals surface area (Å²) in [6.07, 6.45) is -0.223. The summed E-state index contributed by atoms with van der Waals surface area (Å²) in [7, 11) is 1.53. The summed E-state index contributed by atoms with van der Waals surface area (Å²) >= 11 is 0. The highest BCUT2D eigenvalue weighted by Crippen LogP contribution is 2.26. The van der Waals surface area contributed by atoms with Crippen LogP contribution in [0.4, 0.5) is 19.1 Å². The van der Waals surface area contributed by atoms with Crippen molar-refractivity contribution in [3.63, 3.8) is 0 Å². The maximum absolute atomic E-state index is 12.5. The first-order valence-electron chi connectivity index (χ1n) is 9.72. The molecule has 1 aromatic carbocycles. The Bertz CT molecular complexity index is 1220. The van der Waals surface area contributed by atoms with Gasteiger partial charge in [0, 0.05) is 48.9 Å². The number of benzene rings is 1. The van der Waals surface area contributed by atoms with Gasteiger partial charge in [0.1, 0.15) is 5.75 Å². The number of alkyl halides is 3. The van der Waals surface area contributed by atoms with Crippen LogP contribution >= 0.6 is 0 Å². The lowest BCUT2D eigenvalue weighted by molar-refractivity contribution is -0.274. The fourth-order valence-electron chi connectivity index (χ4n) is 3.03. The number of pyridine rings is 1. The Balaban J connectivity index is 1.78. The van der Waals surface area contributed by atoms with Gasteiger partial charge < -0.3 is 19.7 Å². The Hall–Kier alpha value is -3.89. The molecule has 174 valence electrons. The van der Waals surface area contributed by atoms with Crippen LogP contribution in [0.15, 0.2) is 53.7 Å². The first-order chi connectivity index (χ1) is 15.4. The number of carboxylic acids is 1. The number of hydrogen-bond acceptors (Lipinski definition) is 6. The van der Waals surface area contributed by atoms with E-state index in [1.807, 2.05) is 0 Å². The van der Waals surface area contributed by atoms with Gasteiger partial charge in [-0.1, -0.05) is 12.1 Å². The lowest BCUT2D eigenvalue weighted by atomic mass is 9.84. The molecule has 0 aliphatic carbocycles. The van der Waals surface area contributed by atoms with E-state index >= 15 is 0 Å². The van der Waals surface area contributed by atoms with Crippen LogP contribution in [-0.4, -0.2) is 32.0 Å². The van der Waals surface area contributed by atoms with E-state index in [0.29, 0.717) is 16.7 Å². The molecule has 0 radical (unpaired) electrons. The molecule has 8 nitrogen and oxygen atoms in total. The molecule has 2 aromatic heterocycles. The number of anilines is 1. The fourth-order valence-corrected chi connectivity index (χ4v) is 3.03. The number of aryl methyl sites for hydroxylation is 1. The highest BCUT2D eigenvalue weighted by molar-refractivity contribution is 5.81. The van der Waals surface area contributed by atoms with Crippen molar-refractivity contribution < 1.29 is 27.8 Å². The minimum atomic E-state index is -4.77. The Labute approximate surface area is 186 Å². The molecule has 2 N–H and O–H groups in total. The van der Waals surface area contributed by atoms with Crippen molar-refractivity contribution >= 4 is 11.9 Å². The zero-order valence-corrected chi connectivity index (χ0v) is 18.0. The average molecular weight is 462 g/mol. The second-order valence-corrected chi connectivity index (χ2v) is 7.83. The summed E-state index contributed by atoms with van der Waals surface area (Å²) in [5.41, 5.74) is -0.0372. The first-order valence-corrected chi connectivity index (χ1v) is 9.72. The molecule has 0 atom stereocenters. The second kappa shape index (κ2) is 8.93. The third kappa shape index (κ3) is 5.68. The summed E-state index contributed by atoms with van der Waals surface area (Å²) in [6, 6.07) is 7.04. The molecule has 3 aromatic rings. The Morgan fingerprint density at radius 3 is 2.42 bits per heavy atom. The van der Waals surface area contributed by atoms with Crippen molar-refractivity contribution in [2.24, 2.45) is 7.05 Å². The number of hydrogen-bond donors (Lipinski definition) is 2. The first kappa shape index (κ1) is 23.8. The molecule has 0 saturated heterocycles. The van der Waals surface area contributed by atoms with E-state index in [9.17, 15) is 27.9 Å². The predicted molar refractivity (Wildman–Crippen MR) is 114 cm³/mol. The Morgan fingerprint density at radius 1 is 1.15 bits per heavy atom. The van der Waals surface area contributed by atoms with Gasteiger partial charge in [0.15, 0.2) is 0 Å². The number of halogens is 3. The number of nitrogens with one attached hydrogen (secondary N) is 1. The van der Waals surface area contributed by atoms with Gasteiger partial charge in [0.25, 0.3) is 5.56 Å². The van der Waals surface area contributed by atoms with Crippen LogP contribution in [0, 0.1) is 0 Å². The molecule has 0 saturated carbocycles. The van der Waals surface area contributed by atoms with Crippen molar-refractivity contribution in [2.45, 2.75) is 32.2 Å². The summed E-state index contributed by atoms with van der Waals surface area (Å²) in [4.78, 5) is 32.5. The molecular formula is C22H21F3N4O4. The van der Waals surface area contributed by atoms with E-state index in [2.05, 4.69) is 20.0 Å². The monoisotopic (exact) mass is 462 g/mol. The van der Waals surface area contributed by atoms with E-state index in [4.69, 9.17) is 0 Å². The Morgan fingerprint density at radius 2 is 1.82 bits per heavy atom. The van der Waals surface area contributed by atoms with Crippen molar-refractivity contribution in [3.05, 3.63) is 70.4 Å². The van der Waals surface area contributed by atoms with Gasteiger partial charge in [-0.25, -0.2) is 9.97 Å². The van der Waals surface area contributed by atoms with Crippen LogP contribution in [0.25, 0.3) is 11.1 Å². The number of carbonyl (C=O) groups is 1. The number of aliphatic carboxylic acids is 1. The fraction of sp³-hybridized carbons (Fsp3) is 0.273. The van der Waals surface area contributed by atoms with Gasteiger partial charge in [-0.05, 0) is 37.6 Å². The smallest absolute Gasteiger partial charge is 0.481 e. The van der Waals surface area contributed by atoms with Crippen LogP contribution in [0.1, 0.15) is 25.0 Å². The van der Waals surface area contributed by atoms with Crippen LogP contribution in [-0.2, 0) is 23.8 Å². The quantitative estimate of drug-likeness (QED) is 0.551. The molecule has 3 rings (SSSR count). The van der Waals surface area contributed by atoms with Gasteiger partial charge in [-0.15, -0.1) is 13.2 Å². The van der Waals surface area contributed by atoms with Crippen LogP contribution in [0.3, 0.4) is 0 Å². The predicted octanol–water partition coefficient (Wildman–Crippen LogP) is 3.72. The lowest BCUT2D eigenvalue weighted by Gasteiger charge is -2.20. The highest BCUT2D eigenvalue weighted by atomic mass is 19.4. The highest BCUT2D eigenvalue weighted by Gasteiger charge is 2.33. The lowest BCUT2D eigenvalue weighted by Crippen LogP contribution is -2.36. The molecule has 2 heterocycles. The summed E-state index contributed by atoms with van der Waals surface area (Å²) < 4.78 is 42.3. The molecule has 0 amide bonds. The third-order valence-electron chi connectivity index (χ3n) is 4.96. The zero-order valence-electron chi connectivity index (χ0n) is 18.0. The van der Waals surface area contributed by atoms with E-state index in [1.165, 1.54) is 62.1 Å². The van der Waals surface area contributed by atoms with E-state index in [0.717, 1.165) is 0 Å². The SMILES string of the molecule is Cn1cc(-c2cnc(NCc3cccc(OC(F)(F)F)c3)nc2)cc(C(C)(C)C(=O)O)c1=O. The number of ether oxygens (including phenoxy) is 1. The summed E-state index contributed by atoms with van der Waals surface area (Å²) in [5.74, 6) is -1.22. The molecule has 0 unspecified atom stereocenters. The molecule has 0 aliphatic heterocycles. The normalized spacial score (nSPS) is 11.8. The van der Waals surface area contributed by atoms with Crippen molar-refractivity contribution in [1.82, 2.24) is 14.5 Å². The molecule has 0 spiro atoms. The maximum atomic E-state index is 12.5. The minimum absolute atomic E-state index is 0.123. The Kier molecular flexibility index (Phi) is 6.43. The maximum Gasteiger partial charge on any atom is 0.573 e. The van der Waals surface area contributed by atoms with Gasteiger partial charge in [0.05, 0.1) is 5.41 Å². The van der Waals surface area contributed by atoms with Crippen molar-refractivity contribution in [2.75, 3.05) is 5.32 Å². The molecule has 0 aliphatic rings. The molecule has 0 bridgehead atoms. The van der Waals surface area contributed by atoms with Crippen LogP contribution in [0.2, 0.25) is 0 Å². The topological polar surface area (TPSA) is 106 Å². The van der Waals surface area contributed by atoms with Crippen LogP contribution < -0.4 is 15.6 Å². The van der Waals surface area contributed by atoms with E-state index in [1.54, 1.807) is 12.3 Å². The second-order valence-electron chi connectivity index (χ2n) is 7.83. The molecule has 11 heteroatoms. The van der Waals surface area contributed by atoms with Gasteiger partial charge in [0.2, 0.25) is 5.95 Å². The standard InChI is InChI=1S/C22H21F3N4O4/c1-21(2,19(31)32)17-8-14(12-29(3)18(17)30)15-10-27-20(28-11-15)26-9-13-5-4-6-16(7-13)33-22(23,24)25/h4-8,10-12H,9H2,1-3H3,(H,31,32)(H,26,27,28). The minimum Gasteiger partial charge on any atom is -0.481 e. The summed E-state index contributed by atoms with van der Waals surface area (Å²) in [6.45, 7) is 3.06. The number of nitrogens with zero attached hydrogens (tertiary/aromatic N) is 3. The van der Waals surface area contributed by atoms with Crippen molar-refractivity contribution in [3.8, 4) is 16.9 Å². The number of aromatic nitrogens is 3. The average Bonchev–Trinajstić information content (AvgIpc) is 2.73. The van der Waals surface area contributed by atoms with E-state index < -0.39 is 23.3 Å². The zero-order chi connectivity index (χ0) is 24.4. The number of rotatable bonds is 7. The van der Waals surface area contributed by atoms with E-state index in [-0.39, 0.29) is 23.8 Å². The van der Waals surface area contributed by atoms with Gasteiger partial charge in [-0.2, -0.15) is 0 Å². The van der Waals surface area contributed by atoms with Crippen molar-refractivity contribution in [1.29, 1.82) is 0 Å². The number of carboxylic acid groups (broad SMARTS) is 1.